The molecule has 1 amide bonds. The first kappa shape index (κ1) is 17.7. The Bertz CT molecular complexity index is 714. The van der Waals surface area contributed by atoms with E-state index in [-0.39, 0.29) is 29.4 Å². The number of sulfone groups is 1. The Balaban J connectivity index is 1.58. The summed E-state index contributed by atoms with van der Waals surface area (Å²) in [4.78, 5) is 16.6. The van der Waals surface area contributed by atoms with E-state index in [0.29, 0.717) is 19.5 Å². The van der Waals surface area contributed by atoms with Crippen molar-refractivity contribution < 1.29 is 13.2 Å². The van der Waals surface area contributed by atoms with Gasteiger partial charge in [0.2, 0.25) is 5.91 Å². The van der Waals surface area contributed by atoms with E-state index in [0.717, 1.165) is 23.7 Å². The Morgan fingerprint density at radius 3 is 2.46 bits per heavy atom. The van der Waals surface area contributed by atoms with E-state index in [1.165, 1.54) is 0 Å². The molecule has 0 spiro atoms. The van der Waals surface area contributed by atoms with Crippen LogP contribution in [0.3, 0.4) is 0 Å². The Morgan fingerprint density at radius 1 is 1.21 bits per heavy atom. The minimum atomic E-state index is -3.02. The highest BCUT2D eigenvalue weighted by Gasteiger charge is 2.36. The monoisotopic (exact) mass is 370 g/mol. The molecule has 0 radical (unpaired) electrons. The minimum absolute atomic E-state index is 0.00104. The van der Waals surface area contributed by atoms with Crippen molar-refractivity contribution in [1.29, 1.82) is 0 Å². The standard InChI is InChI=1S/C17H23ClN2O3S/c1-13(15-4-2-3-5-16(15)18)19-7-9-20(10-8-19)17(21)14-6-11-24(22,23)12-14/h2-5,13-14H,6-12H2,1H3. The average Bonchev–Trinajstić information content (AvgIpc) is 2.94. The lowest BCUT2D eigenvalue weighted by molar-refractivity contribution is -0.136. The van der Waals surface area contributed by atoms with Crippen LogP contribution in [0.1, 0.15) is 24.9 Å². The van der Waals surface area contributed by atoms with Gasteiger partial charge in [0, 0.05) is 37.2 Å². The van der Waals surface area contributed by atoms with Crippen molar-refractivity contribution in [2.75, 3.05) is 37.7 Å². The lowest BCUT2D eigenvalue weighted by Gasteiger charge is -2.39. The van der Waals surface area contributed by atoms with E-state index in [1.807, 2.05) is 29.2 Å². The number of rotatable bonds is 3. The number of benzene rings is 1. The largest absolute Gasteiger partial charge is 0.340 e. The summed E-state index contributed by atoms with van der Waals surface area (Å²) in [5.41, 5.74) is 1.10. The van der Waals surface area contributed by atoms with E-state index < -0.39 is 9.84 Å². The highest BCUT2D eigenvalue weighted by molar-refractivity contribution is 7.91. The summed E-state index contributed by atoms with van der Waals surface area (Å²) in [5, 5.41) is 0.764. The van der Waals surface area contributed by atoms with Crippen LogP contribution in [0.4, 0.5) is 0 Å². The summed E-state index contributed by atoms with van der Waals surface area (Å²) < 4.78 is 23.1. The van der Waals surface area contributed by atoms with Crippen LogP contribution in [0, 0.1) is 5.92 Å². The smallest absolute Gasteiger partial charge is 0.226 e. The van der Waals surface area contributed by atoms with Gasteiger partial charge >= 0.3 is 0 Å². The highest BCUT2D eigenvalue weighted by Crippen LogP contribution is 2.28. The second-order valence-corrected chi connectivity index (χ2v) is 9.29. The van der Waals surface area contributed by atoms with Gasteiger partial charge in [0.05, 0.1) is 17.4 Å². The van der Waals surface area contributed by atoms with Crippen molar-refractivity contribution in [2.24, 2.45) is 5.92 Å². The molecule has 3 rings (SSSR count). The topological polar surface area (TPSA) is 57.7 Å². The number of carbonyl (C=O) groups is 1. The first-order valence-corrected chi connectivity index (χ1v) is 10.5. The molecule has 2 saturated heterocycles. The molecule has 2 unspecified atom stereocenters. The van der Waals surface area contributed by atoms with E-state index in [2.05, 4.69) is 11.8 Å². The van der Waals surface area contributed by atoms with Crippen LogP contribution in [0.15, 0.2) is 24.3 Å². The summed E-state index contributed by atoms with van der Waals surface area (Å²) in [6.45, 7) is 4.96. The maximum absolute atomic E-state index is 12.5. The molecular weight excluding hydrogens is 348 g/mol. The Kier molecular flexibility index (Phi) is 5.18. The first-order valence-electron chi connectivity index (χ1n) is 8.35. The van der Waals surface area contributed by atoms with Gasteiger partial charge in [-0.25, -0.2) is 8.42 Å². The fourth-order valence-corrected chi connectivity index (χ4v) is 5.61. The van der Waals surface area contributed by atoms with E-state index in [4.69, 9.17) is 11.6 Å². The van der Waals surface area contributed by atoms with Crippen molar-refractivity contribution in [1.82, 2.24) is 9.80 Å². The lowest BCUT2D eigenvalue weighted by Crippen LogP contribution is -2.51. The number of nitrogens with zero attached hydrogens (tertiary/aromatic N) is 2. The molecular formula is C17H23ClN2O3S. The van der Waals surface area contributed by atoms with Gasteiger partial charge < -0.3 is 4.90 Å². The minimum Gasteiger partial charge on any atom is -0.340 e. The number of piperazine rings is 1. The first-order chi connectivity index (χ1) is 11.4. The summed E-state index contributed by atoms with van der Waals surface area (Å²) >= 11 is 6.28. The van der Waals surface area contributed by atoms with Crippen LogP contribution in [0.25, 0.3) is 0 Å². The Labute approximate surface area is 148 Å². The van der Waals surface area contributed by atoms with Crippen LogP contribution in [-0.4, -0.2) is 61.8 Å². The van der Waals surface area contributed by atoms with Gasteiger partial charge in [-0.3, -0.25) is 9.69 Å². The summed E-state index contributed by atoms with van der Waals surface area (Å²) in [6, 6.07) is 8.03. The molecule has 2 aliphatic rings. The summed E-state index contributed by atoms with van der Waals surface area (Å²) in [5.74, 6) is -0.182. The van der Waals surface area contributed by atoms with Crippen LogP contribution < -0.4 is 0 Å². The van der Waals surface area contributed by atoms with Crippen molar-refractivity contribution in [2.45, 2.75) is 19.4 Å². The van der Waals surface area contributed by atoms with E-state index >= 15 is 0 Å². The van der Waals surface area contributed by atoms with Crippen LogP contribution >= 0.6 is 11.6 Å². The van der Waals surface area contributed by atoms with Crippen molar-refractivity contribution in [3.63, 3.8) is 0 Å². The van der Waals surface area contributed by atoms with E-state index in [1.54, 1.807) is 0 Å². The van der Waals surface area contributed by atoms with Crippen LogP contribution in [-0.2, 0) is 14.6 Å². The van der Waals surface area contributed by atoms with Crippen molar-refractivity contribution in [3.05, 3.63) is 34.9 Å². The second kappa shape index (κ2) is 7.02. The number of hydrogen-bond donors (Lipinski definition) is 0. The molecule has 1 aromatic carbocycles. The number of halogens is 1. The fourth-order valence-electron chi connectivity index (χ4n) is 3.59. The molecule has 2 atom stereocenters. The molecule has 2 fully saturated rings. The molecule has 24 heavy (non-hydrogen) atoms. The maximum Gasteiger partial charge on any atom is 0.226 e. The number of amides is 1. The molecule has 5 nitrogen and oxygen atoms in total. The van der Waals surface area contributed by atoms with Crippen molar-refractivity contribution >= 4 is 27.3 Å². The zero-order valence-corrected chi connectivity index (χ0v) is 15.4. The van der Waals surface area contributed by atoms with Gasteiger partial charge in [-0.1, -0.05) is 29.8 Å². The van der Waals surface area contributed by atoms with Gasteiger partial charge in [-0.05, 0) is 25.0 Å². The Morgan fingerprint density at radius 2 is 1.88 bits per heavy atom. The SMILES string of the molecule is CC(c1ccccc1Cl)N1CCN(C(=O)C2CCS(=O)(=O)C2)CC1. The summed E-state index contributed by atoms with van der Waals surface area (Å²) in [7, 11) is -3.02. The van der Waals surface area contributed by atoms with Gasteiger partial charge in [0.15, 0.2) is 9.84 Å². The Hall–Kier alpha value is -1.11. The fraction of sp³-hybridized carbons (Fsp3) is 0.588. The lowest BCUT2D eigenvalue weighted by atomic mass is 10.0. The molecule has 2 aliphatic heterocycles. The maximum atomic E-state index is 12.5. The van der Waals surface area contributed by atoms with Crippen molar-refractivity contribution in [3.8, 4) is 0 Å². The quantitative estimate of drug-likeness (QED) is 0.816. The molecule has 2 heterocycles. The summed E-state index contributed by atoms with van der Waals surface area (Å²) in [6.07, 6.45) is 0.470. The zero-order chi connectivity index (χ0) is 17.3. The van der Waals surface area contributed by atoms with Gasteiger partial charge in [0.25, 0.3) is 0 Å². The highest BCUT2D eigenvalue weighted by atomic mass is 35.5. The normalized spacial score (nSPS) is 25.6. The molecule has 1 aromatic rings. The van der Waals surface area contributed by atoms with Crippen LogP contribution in [0.5, 0.6) is 0 Å². The molecule has 0 saturated carbocycles. The predicted molar refractivity (Wildman–Crippen MR) is 94.8 cm³/mol. The second-order valence-electron chi connectivity index (χ2n) is 6.66. The molecule has 132 valence electrons. The molecule has 7 heteroatoms. The average molecular weight is 371 g/mol. The molecule has 0 bridgehead atoms. The third kappa shape index (κ3) is 3.76. The van der Waals surface area contributed by atoms with Gasteiger partial charge in [-0.2, -0.15) is 0 Å². The van der Waals surface area contributed by atoms with Crippen LogP contribution in [0.2, 0.25) is 5.02 Å². The third-order valence-electron chi connectivity index (χ3n) is 5.11. The zero-order valence-electron chi connectivity index (χ0n) is 13.8. The number of hydrogen-bond acceptors (Lipinski definition) is 4. The van der Waals surface area contributed by atoms with Gasteiger partial charge in [0.1, 0.15) is 0 Å². The molecule has 0 N–H and O–H groups in total. The number of carbonyl (C=O) groups excluding carboxylic acids is 1. The molecule has 0 aromatic heterocycles. The van der Waals surface area contributed by atoms with E-state index in [9.17, 15) is 13.2 Å². The van der Waals surface area contributed by atoms with Gasteiger partial charge in [-0.15, -0.1) is 0 Å². The molecule has 0 aliphatic carbocycles. The predicted octanol–water partition coefficient (Wildman–Crippen LogP) is 1.98. The third-order valence-corrected chi connectivity index (χ3v) is 7.22.